The van der Waals surface area contributed by atoms with Crippen LogP contribution in [0.5, 0.6) is 0 Å². The minimum absolute atomic E-state index is 0.248. The number of rotatable bonds is 5. The van der Waals surface area contributed by atoms with Crippen LogP contribution in [0.3, 0.4) is 0 Å². The van der Waals surface area contributed by atoms with Gasteiger partial charge in [0.05, 0.1) is 6.61 Å². The van der Waals surface area contributed by atoms with Gasteiger partial charge in [-0.3, -0.25) is 4.90 Å². The van der Waals surface area contributed by atoms with Crippen LogP contribution in [-0.4, -0.2) is 48.3 Å². The van der Waals surface area contributed by atoms with E-state index in [1.807, 2.05) is 0 Å². The fourth-order valence-electron chi connectivity index (χ4n) is 2.84. The van der Waals surface area contributed by atoms with Gasteiger partial charge in [0.15, 0.2) is 0 Å². The predicted octanol–water partition coefficient (Wildman–Crippen LogP) is 1.52. The molecule has 0 bridgehead atoms. The van der Waals surface area contributed by atoms with Crippen LogP contribution in [-0.2, 0) is 6.42 Å². The van der Waals surface area contributed by atoms with E-state index in [4.69, 9.17) is 0 Å². The summed E-state index contributed by atoms with van der Waals surface area (Å²) < 4.78 is 0. The predicted molar refractivity (Wildman–Crippen MR) is 79.2 cm³/mol. The summed E-state index contributed by atoms with van der Waals surface area (Å²) in [4.78, 5) is 2.44. The lowest BCUT2D eigenvalue weighted by atomic mass is 10.0. The van der Waals surface area contributed by atoms with E-state index >= 15 is 0 Å². The van der Waals surface area contributed by atoms with Gasteiger partial charge in [-0.05, 0) is 17.9 Å². The Kier molecular flexibility index (Phi) is 5.37. The molecule has 2 rings (SSSR count). The Labute approximate surface area is 116 Å². The molecule has 0 radical (unpaired) electrons. The molecule has 1 aliphatic rings. The summed E-state index contributed by atoms with van der Waals surface area (Å²) in [5, 5.41) is 13.0. The van der Waals surface area contributed by atoms with Crippen molar-refractivity contribution in [2.45, 2.75) is 32.4 Å². The van der Waals surface area contributed by atoms with Crippen molar-refractivity contribution in [1.82, 2.24) is 10.2 Å². The molecule has 1 fully saturated rings. The summed E-state index contributed by atoms with van der Waals surface area (Å²) in [5.41, 5.74) is 1.38. The zero-order chi connectivity index (χ0) is 13.7. The Bertz CT molecular complexity index is 366. The summed E-state index contributed by atoms with van der Waals surface area (Å²) in [6.07, 6.45) is 1.06. The molecule has 2 atom stereocenters. The van der Waals surface area contributed by atoms with Crippen molar-refractivity contribution in [3.8, 4) is 0 Å². The van der Waals surface area contributed by atoms with E-state index in [1.165, 1.54) is 5.56 Å². The van der Waals surface area contributed by atoms with Gasteiger partial charge >= 0.3 is 0 Å². The Morgan fingerprint density at radius 3 is 2.68 bits per heavy atom. The van der Waals surface area contributed by atoms with Crippen molar-refractivity contribution in [2.24, 2.45) is 5.92 Å². The summed E-state index contributed by atoms with van der Waals surface area (Å²) in [6.45, 7) is 7.71. The molecule has 1 heterocycles. The second-order valence-electron chi connectivity index (χ2n) is 5.98. The van der Waals surface area contributed by atoms with Crippen molar-refractivity contribution < 1.29 is 5.11 Å². The Morgan fingerprint density at radius 2 is 2.05 bits per heavy atom. The van der Waals surface area contributed by atoms with Crippen molar-refractivity contribution >= 4 is 0 Å². The first-order valence-corrected chi connectivity index (χ1v) is 7.31. The summed E-state index contributed by atoms with van der Waals surface area (Å²) in [5.74, 6) is 0.643. The zero-order valence-corrected chi connectivity index (χ0v) is 12.0. The Balaban J connectivity index is 1.93. The fourth-order valence-corrected chi connectivity index (χ4v) is 2.84. The molecule has 2 N–H and O–H groups in total. The number of piperazine rings is 1. The van der Waals surface area contributed by atoms with Crippen LogP contribution in [0, 0.1) is 5.92 Å². The number of aliphatic hydroxyl groups is 1. The molecule has 0 amide bonds. The van der Waals surface area contributed by atoms with Gasteiger partial charge in [0.25, 0.3) is 0 Å². The standard InChI is InChI=1S/C16H26N2O/c1-13(2)10-18-11-15(17-9-16(18)12-19)8-14-6-4-3-5-7-14/h3-7,13,15-17,19H,8-12H2,1-2H3. The average Bonchev–Trinajstić information content (AvgIpc) is 2.39. The molecular formula is C16H26N2O. The largest absolute Gasteiger partial charge is 0.395 e. The van der Waals surface area contributed by atoms with E-state index in [2.05, 4.69) is 54.4 Å². The third-order valence-electron chi connectivity index (χ3n) is 3.75. The van der Waals surface area contributed by atoms with E-state index in [0.29, 0.717) is 12.0 Å². The van der Waals surface area contributed by atoms with Gasteiger partial charge in [-0.25, -0.2) is 0 Å². The van der Waals surface area contributed by atoms with Crippen LogP contribution in [0.2, 0.25) is 0 Å². The Hall–Kier alpha value is -0.900. The lowest BCUT2D eigenvalue weighted by Gasteiger charge is -2.40. The molecular weight excluding hydrogens is 236 g/mol. The number of nitrogens with one attached hydrogen (secondary N) is 1. The third-order valence-corrected chi connectivity index (χ3v) is 3.75. The SMILES string of the molecule is CC(C)CN1CC(Cc2ccccc2)NCC1CO. The third kappa shape index (κ3) is 4.30. The summed E-state index contributed by atoms with van der Waals surface area (Å²) in [7, 11) is 0. The molecule has 1 aromatic rings. The highest BCUT2D eigenvalue weighted by atomic mass is 16.3. The second kappa shape index (κ2) is 7.04. The molecule has 1 aromatic carbocycles. The maximum absolute atomic E-state index is 9.47. The molecule has 3 nitrogen and oxygen atoms in total. The van der Waals surface area contributed by atoms with Gasteiger partial charge in [0, 0.05) is 31.7 Å². The van der Waals surface area contributed by atoms with E-state index in [0.717, 1.165) is 26.1 Å². The maximum Gasteiger partial charge on any atom is 0.0599 e. The summed E-state index contributed by atoms with van der Waals surface area (Å²) in [6, 6.07) is 11.4. The van der Waals surface area contributed by atoms with Crippen LogP contribution in [0.25, 0.3) is 0 Å². The Morgan fingerprint density at radius 1 is 1.32 bits per heavy atom. The quantitative estimate of drug-likeness (QED) is 0.844. The second-order valence-corrected chi connectivity index (χ2v) is 5.98. The van der Waals surface area contributed by atoms with Gasteiger partial charge in [0.1, 0.15) is 0 Å². The van der Waals surface area contributed by atoms with Gasteiger partial charge in [0.2, 0.25) is 0 Å². The highest BCUT2D eigenvalue weighted by molar-refractivity contribution is 5.16. The van der Waals surface area contributed by atoms with Crippen molar-refractivity contribution in [3.63, 3.8) is 0 Å². The summed E-state index contributed by atoms with van der Waals surface area (Å²) >= 11 is 0. The smallest absolute Gasteiger partial charge is 0.0599 e. The van der Waals surface area contributed by atoms with Gasteiger partial charge in [-0.1, -0.05) is 44.2 Å². The molecule has 0 aromatic heterocycles. The molecule has 106 valence electrons. The molecule has 19 heavy (non-hydrogen) atoms. The van der Waals surface area contributed by atoms with E-state index < -0.39 is 0 Å². The lowest BCUT2D eigenvalue weighted by Crippen LogP contribution is -2.59. The topological polar surface area (TPSA) is 35.5 Å². The van der Waals surface area contributed by atoms with Gasteiger partial charge in [-0.2, -0.15) is 0 Å². The highest BCUT2D eigenvalue weighted by Crippen LogP contribution is 2.13. The fraction of sp³-hybridized carbons (Fsp3) is 0.625. The van der Waals surface area contributed by atoms with E-state index in [1.54, 1.807) is 0 Å². The molecule has 0 aliphatic carbocycles. The van der Waals surface area contributed by atoms with Crippen LogP contribution in [0.4, 0.5) is 0 Å². The monoisotopic (exact) mass is 262 g/mol. The van der Waals surface area contributed by atoms with Crippen LogP contribution >= 0.6 is 0 Å². The number of nitrogens with zero attached hydrogens (tertiary/aromatic N) is 1. The molecule has 0 spiro atoms. The number of hydrogen-bond acceptors (Lipinski definition) is 3. The van der Waals surface area contributed by atoms with Gasteiger partial charge in [-0.15, -0.1) is 0 Å². The first-order chi connectivity index (χ1) is 9.19. The minimum atomic E-state index is 0.248. The number of benzene rings is 1. The van der Waals surface area contributed by atoms with Crippen molar-refractivity contribution in [2.75, 3.05) is 26.2 Å². The molecule has 1 aliphatic heterocycles. The van der Waals surface area contributed by atoms with Crippen molar-refractivity contribution in [1.29, 1.82) is 0 Å². The van der Waals surface area contributed by atoms with E-state index in [-0.39, 0.29) is 12.6 Å². The van der Waals surface area contributed by atoms with E-state index in [9.17, 15) is 5.11 Å². The number of aliphatic hydroxyl groups excluding tert-OH is 1. The average molecular weight is 262 g/mol. The van der Waals surface area contributed by atoms with Crippen LogP contribution in [0.15, 0.2) is 30.3 Å². The first kappa shape index (κ1) is 14.5. The van der Waals surface area contributed by atoms with Gasteiger partial charge < -0.3 is 10.4 Å². The molecule has 1 saturated heterocycles. The zero-order valence-electron chi connectivity index (χ0n) is 12.0. The normalized spacial score (nSPS) is 24.8. The lowest BCUT2D eigenvalue weighted by molar-refractivity contribution is 0.0712. The highest BCUT2D eigenvalue weighted by Gasteiger charge is 2.27. The number of hydrogen-bond donors (Lipinski definition) is 2. The van der Waals surface area contributed by atoms with Crippen molar-refractivity contribution in [3.05, 3.63) is 35.9 Å². The first-order valence-electron chi connectivity index (χ1n) is 7.31. The molecule has 2 unspecified atom stereocenters. The molecule has 3 heteroatoms. The molecule has 0 saturated carbocycles. The maximum atomic E-state index is 9.47. The van der Waals surface area contributed by atoms with Crippen LogP contribution < -0.4 is 5.32 Å². The van der Waals surface area contributed by atoms with Crippen LogP contribution in [0.1, 0.15) is 19.4 Å². The minimum Gasteiger partial charge on any atom is -0.395 e.